The van der Waals surface area contributed by atoms with Gasteiger partial charge in [-0.15, -0.1) is 0 Å². The molecule has 3 N–H and O–H groups in total. The van der Waals surface area contributed by atoms with Crippen molar-refractivity contribution in [3.63, 3.8) is 0 Å². The molecule has 3 aromatic carbocycles. The van der Waals surface area contributed by atoms with Crippen molar-refractivity contribution >= 4 is 50.3 Å². The lowest BCUT2D eigenvalue weighted by Crippen LogP contribution is -2.34. The van der Waals surface area contributed by atoms with Crippen LogP contribution in [0.4, 0.5) is 17.1 Å². The molecule has 0 aliphatic rings. The van der Waals surface area contributed by atoms with Gasteiger partial charge in [-0.3, -0.25) is 24.9 Å². The van der Waals surface area contributed by atoms with Crippen LogP contribution < -0.4 is 15.4 Å². The highest BCUT2D eigenvalue weighted by molar-refractivity contribution is 7.92. The monoisotopic (exact) mass is 484 g/mol. The number of carbonyl (C=O) groups excluding carboxylic acids is 1. The maximum atomic E-state index is 12.7. The van der Waals surface area contributed by atoms with Crippen LogP contribution in [-0.4, -0.2) is 24.4 Å². The first-order chi connectivity index (χ1) is 15.5. The van der Waals surface area contributed by atoms with Crippen LogP contribution in [0.15, 0.2) is 71.6 Å². The highest BCUT2D eigenvalue weighted by atomic mass is 32.2. The van der Waals surface area contributed by atoms with Gasteiger partial charge in [-0.2, -0.15) is 0 Å². The van der Waals surface area contributed by atoms with E-state index in [1.165, 1.54) is 48.5 Å². The summed E-state index contributed by atoms with van der Waals surface area (Å²) in [4.78, 5) is 22.4. The molecule has 11 heteroatoms. The minimum atomic E-state index is -3.79. The van der Waals surface area contributed by atoms with E-state index < -0.39 is 20.9 Å². The van der Waals surface area contributed by atoms with Crippen molar-refractivity contribution < 1.29 is 18.1 Å². The number of nitro groups is 1. The number of carbonyl (C=O) groups is 1. The third-order valence-corrected chi connectivity index (χ3v) is 6.20. The molecule has 0 saturated carbocycles. The van der Waals surface area contributed by atoms with E-state index in [0.29, 0.717) is 11.4 Å². The van der Waals surface area contributed by atoms with Crippen molar-refractivity contribution in [2.75, 3.05) is 10.0 Å². The second kappa shape index (κ2) is 9.76. The van der Waals surface area contributed by atoms with Gasteiger partial charge >= 0.3 is 0 Å². The molecule has 3 aromatic rings. The number of nitrogens with zero attached hydrogens (tertiary/aromatic N) is 1. The Morgan fingerprint density at radius 1 is 0.970 bits per heavy atom. The van der Waals surface area contributed by atoms with Gasteiger partial charge in [0.2, 0.25) is 0 Å². The molecule has 0 aliphatic carbocycles. The zero-order chi connectivity index (χ0) is 24.2. The Morgan fingerprint density at radius 3 is 2.18 bits per heavy atom. The van der Waals surface area contributed by atoms with Crippen molar-refractivity contribution in [3.05, 3.63) is 93.5 Å². The fraction of sp³-hybridized carbons (Fsp3) is 0.0909. The van der Waals surface area contributed by atoms with E-state index >= 15 is 0 Å². The summed E-state index contributed by atoms with van der Waals surface area (Å²) in [5, 5.41) is 15.9. The molecule has 170 valence electrons. The van der Waals surface area contributed by atoms with Crippen molar-refractivity contribution in [1.29, 1.82) is 0 Å². The van der Waals surface area contributed by atoms with Crippen LogP contribution in [-0.2, 0) is 10.0 Å². The molecule has 3 rings (SSSR count). The maximum absolute atomic E-state index is 12.7. The lowest BCUT2D eigenvalue weighted by Gasteiger charge is -2.13. The Balaban J connectivity index is 1.63. The Hall–Kier alpha value is -3.83. The van der Waals surface area contributed by atoms with Gasteiger partial charge in [0.1, 0.15) is 0 Å². The van der Waals surface area contributed by atoms with Crippen molar-refractivity contribution in [2.24, 2.45) is 0 Å². The third kappa shape index (κ3) is 6.11. The fourth-order valence-corrected chi connectivity index (χ4v) is 4.26. The molecule has 9 nitrogen and oxygen atoms in total. The first-order valence-corrected chi connectivity index (χ1v) is 11.5. The number of nitro benzene ring substituents is 1. The zero-order valence-electron chi connectivity index (χ0n) is 17.7. The van der Waals surface area contributed by atoms with E-state index in [9.17, 15) is 23.3 Å². The molecule has 0 unspecified atom stereocenters. The number of anilines is 2. The Kier molecular flexibility index (Phi) is 7.04. The summed E-state index contributed by atoms with van der Waals surface area (Å²) < 4.78 is 27.9. The van der Waals surface area contributed by atoms with Crippen molar-refractivity contribution in [2.45, 2.75) is 18.7 Å². The zero-order valence-corrected chi connectivity index (χ0v) is 19.3. The van der Waals surface area contributed by atoms with Crippen LogP contribution in [0, 0.1) is 24.0 Å². The second-order valence-corrected chi connectivity index (χ2v) is 9.25. The number of benzene rings is 3. The van der Waals surface area contributed by atoms with Crippen molar-refractivity contribution in [3.8, 4) is 0 Å². The number of amides is 1. The average molecular weight is 485 g/mol. The molecular weight excluding hydrogens is 464 g/mol. The van der Waals surface area contributed by atoms with E-state index in [-0.39, 0.29) is 21.3 Å². The van der Waals surface area contributed by atoms with Crippen LogP contribution >= 0.6 is 12.2 Å². The minimum Gasteiger partial charge on any atom is -0.332 e. The lowest BCUT2D eigenvalue weighted by molar-refractivity contribution is -0.384. The Bertz CT molecular complexity index is 1320. The first-order valence-electron chi connectivity index (χ1n) is 9.62. The van der Waals surface area contributed by atoms with Gasteiger partial charge in [-0.05, 0) is 74.1 Å². The van der Waals surface area contributed by atoms with Crippen LogP contribution in [0.5, 0.6) is 0 Å². The number of nitrogens with one attached hydrogen (secondary N) is 3. The lowest BCUT2D eigenvalue weighted by atomic mass is 10.1. The van der Waals surface area contributed by atoms with Crippen LogP contribution in [0.1, 0.15) is 21.5 Å². The summed E-state index contributed by atoms with van der Waals surface area (Å²) in [6, 6.07) is 16.3. The molecule has 0 heterocycles. The number of rotatable bonds is 6. The molecule has 0 radical (unpaired) electrons. The van der Waals surface area contributed by atoms with Crippen LogP contribution in [0.25, 0.3) is 0 Å². The van der Waals surface area contributed by atoms with Crippen molar-refractivity contribution in [1.82, 2.24) is 5.32 Å². The second-order valence-electron chi connectivity index (χ2n) is 7.16. The summed E-state index contributed by atoms with van der Waals surface area (Å²) in [5.41, 5.74) is 2.87. The molecule has 0 atom stereocenters. The highest BCUT2D eigenvalue weighted by Crippen LogP contribution is 2.22. The standard InChI is InChI=1S/C22H20N4O5S2/c1-14-3-12-20(15(2)13-14)25-33(30,31)19-10-6-17(7-11-19)23-22(32)24-21(27)16-4-8-18(9-5-16)26(28)29/h3-13,25H,1-2H3,(H2,23,24,27,32). The van der Waals surface area contributed by atoms with Crippen LogP contribution in [0.2, 0.25) is 0 Å². The summed E-state index contributed by atoms with van der Waals surface area (Å²) in [5.74, 6) is -0.542. The molecule has 0 saturated heterocycles. The SMILES string of the molecule is Cc1ccc(NS(=O)(=O)c2ccc(NC(=S)NC(=O)c3ccc([N+](=O)[O-])cc3)cc2)c(C)c1. The number of thiocarbonyl (C=S) groups is 1. The van der Waals surface area contributed by atoms with E-state index in [4.69, 9.17) is 12.2 Å². The van der Waals surface area contributed by atoms with Crippen LogP contribution in [0.3, 0.4) is 0 Å². The van der Waals surface area contributed by atoms with Gasteiger partial charge in [0.15, 0.2) is 5.11 Å². The third-order valence-electron chi connectivity index (χ3n) is 4.62. The summed E-state index contributed by atoms with van der Waals surface area (Å²) >= 11 is 5.12. The number of sulfonamides is 1. The smallest absolute Gasteiger partial charge is 0.269 e. The summed E-state index contributed by atoms with van der Waals surface area (Å²) in [6.45, 7) is 3.75. The van der Waals surface area contributed by atoms with E-state index in [2.05, 4.69) is 15.4 Å². The van der Waals surface area contributed by atoms with Gasteiger partial charge < -0.3 is 5.32 Å². The molecule has 0 aliphatic heterocycles. The van der Waals surface area contributed by atoms with Gasteiger partial charge in [0.05, 0.1) is 15.5 Å². The number of hydrogen-bond acceptors (Lipinski definition) is 6. The van der Waals surface area contributed by atoms with E-state index in [1.807, 2.05) is 26.0 Å². The van der Waals surface area contributed by atoms with E-state index in [1.54, 1.807) is 6.07 Å². The molecule has 0 fully saturated rings. The molecular formula is C22H20N4O5S2. The predicted molar refractivity (Wildman–Crippen MR) is 130 cm³/mol. The average Bonchev–Trinajstić information content (AvgIpc) is 2.76. The summed E-state index contributed by atoms with van der Waals surface area (Å²) in [7, 11) is -3.79. The quantitative estimate of drug-likeness (QED) is 0.272. The summed E-state index contributed by atoms with van der Waals surface area (Å²) in [6.07, 6.45) is 0. The first kappa shape index (κ1) is 23.8. The molecule has 33 heavy (non-hydrogen) atoms. The minimum absolute atomic E-state index is 0.0117. The van der Waals surface area contributed by atoms with Gasteiger partial charge in [0.25, 0.3) is 21.6 Å². The molecule has 0 aromatic heterocycles. The number of hydrogen-bond donors (Lipinski definition) is 3. The van der Waals surface area contributed by atoms with E-state index in [0.717, 1.165) is 11.1 Å². The molecule has 0 bridgehead atoms. The molecule has 0 spiro atoms. The predicted octanol–water partition coefficient (Wildman–Crippen LogP) is 4.14. The number of aryl methyl sites for hydroxylation is 2. The van der Waals surface area contributed by atoms with Gasteiger partial charge in [-0.1, -0.05) is 17.7 Å². The topological polar surface area (TPSA) is 130 Å². The maximum Gasteiger partial charge on any atom is 0.269 e. The van der Waals surface area contributed by atoms with Gasteiger partial charge in [0, 0.05) is 23.4 Å². The Morgan fingerprint density at radius 2 is 1.61 bits per heavy atom. The Labute approximate surface area is 196 Å². The normalized spacial score (nSPS) is 10.8. The number of non-ortho nitro benzene ring substituents is 1. The fourth-order valence-electron chi connectivity index (χ4n) is 2.92. The highest BCUT2D eigenvalue weighted by Gasteiger charge is 2.16. The largest absolute Gasteiger partial charge is 0.332 e. The molecule has 1 amide bonds. The van der Waals surface area contributed by atoms with Gasteiger partial charge in [-0.25, -0.2) is 8.42 Å².